The van der Waals surface area contributed by atoms with E-state index < -0.39 is 41.5 Å². The van der Waals surface area contributed by atoms with Gasteiger partial charge in [0.15, 0.2) is 0 Å². The minimum atomic E-state index is -0.922. The van der Waals surface area contributed by atoms with Gasteiger partial charge in [0, 0.05) is 6.07 Å². The number of hydrogen-bond donors (Lipinski definition) is 2. The number of hydrogen-bond acceptors (Lipinski definition) is 4. The molecule has 2 N–H and O–H groups in total. The lowest BCUT2D eigenvalue weighted by Crippen LogP contribution is -2.50. The molecule has 0 fully saturated rings. The fourth-order valence-electron chi connectivity index (χ4n) is 2.02. The topological polar surface area (TPSA) is 84.5 Å². The van der Waals surface area contributed by atoms with Crippen molar-refractivity contribution in [3.63, 3.8) is 0 Å². The lowest BCUT2D eigenvalue weighted by atomic mass is 10.1. The van der Waals surface area contributed by atoms with E-state index in [1.165, 1.54) is 14.0 Å². The third kappa shape index (κ3) is 5.94. The fraction of sp³-hybridized carbons (Fsp3) is 0.438. The van der Waals surface area contributed by atoms with Crippen molar-refractivity contribution in [3.8, 4) is 0 Å². The van der Waals surface area contributed by atoms with E-state index in [1.54, 1.807) is 6.92 Å². The van der Waals surface area contributed by atoms with Crippen LogP contribution >= 0.6 is 0 Å². The first kappa shape index (κ1) is 19.5. The van der Waals surface area contributed by atoms with Gasteiger partial charge in [-0.1, -0.05) is 6.92 Å². The summed E-state index contributed by atoms with van der Waals surface area (Å²) in [5.74, 6) is -3.29. The summed E-state index contributed by atoms with van der Waals surface area (Å²) in [7, 11) is 1.21. The van der Waals surface area contributed by atoms with Crippen molar-refractivity contribution in [2.75, 3.05) is 7.11 Å². The van der Waals surface area contributed by atoms with E-state index in [9.17, 15) is 23.2 Å². The van der Waals surface area contributed by atoms with Gasteiger partial charge < -0.3 is 15.4 Å². The molecular formula is C16H20F2N2O4. The molecule has 0 spiro atoms. The second-order valence-electron chi connectivity index (χ2n) is 5.24. The molecule has 0 aliphatic heterocycles. The highest BCUT2D eigenvalue weighted by Crippen LogP contribution is 2.08. The zero-order valence-electron chi connectivity index (χ0n) is 13.7. The van der Waals surface area contributed by atoms with Crippen LogP contribution in [0.1, 0.15) is 25.8 Å². The maximum atomic E-state index is 13.1. The van der Waals surface area contributed by atoms with Gasteiger partial charge in [-0.25, -0.2) is 13.6 Å². The predicted octanol–water partition coefficient (Wildman–Crippen LogP) is 1.08. The highest BCUT2D eigenvalue weighted by molar-refractivity contribution is 5.90. The highest BCUT2D eigenvalue weighted by Gasteiger charge is 2.23. The van der Waals surface area contributed by atoms with Crippen LogP contribution in [0.4, 0.5) is 8.78 Å². The van der Waals surface area contributed by atoms with Crippen LogP contribution in [-0.2, 0) is 25.5 Å². The quantitative estimate of drug-likeness (QED) is 0.726. The van der Waals surface area contributed by atoms with Gasteiger partial charge in [0.1, 0.15) is 23.7 Å². The van der Waals surface area contributed by atoms with Gasteiger partial charge in [-0.15, -0.1) is 0 Å². The number of carbonyl (C=O) groups excluding carboxylic acids is 3. The molecule has 0 aliphatic carbocycles. The molecule has 0 saturated heterocycles. The van der Waals surface area contributed by atoms with Crippen LogP contribution in [0.2, 0.25) is 0 Å². The fourth-order valence-corrected chi connectivity index (χ4v) is 2.02. The van der Waals surface area contributed by atoms with Gasteiger partial charge in [-0.05, 0) is 31.0 Å². The Morgan fingerprint density at radius 2 is 1.71 bits per heavy atom. The van der Waals surface area contributed by atoms with Gasteiger partial charge in [0.25, 0.3) is 0 Å². The van der Waals surface area contributed by atoms with Crippen LogP contribution in [0.15, 0.2) is 18.2 Å². The molecule has 0 aliphatic rings. The molecule has 1 rings (SSSR count). The number of carbonyl (C=O) groups is 3. The highest BCUT2D eigenvalue weighted by atomic mass is 19.1. The Morgan fingerprint density at radius 1 is 1.12 bits per heavy atom. The summed E-state index contributed by atoms with van der Waals surface area (Å²) in [6.07, 6.45) is 0.0577. The summed E-state index contributed by atoms with van der Waals surface area (Å²) in [5, 5.41) is 4.86. The first-order valence-electron chi connectivity index (χ1n) is 7.39. The number of halogens is 2. The largest absolute Gasteiger partial charge is 0.467 e. The summed E-state index contributed by atoms with van der Waals surface area (Å²) >= 11 is 0. The molecule has 0 radical (unpaired) electrons. The van der Waals surface area contributed by atoms with Crippen LogP contribution in [0, 0.1) is 11.6 Å². The number of methoxy groups -OCH3 is 1. The maximum absolute atomic E-state index is 13.1. The van der Waals surface area contributed by atoms with E-state index in [0.29, 0.717) is 12.5 Å². The first-order valence-corrected chi connectivity index (χ1v) is 7.39. The molecule has 0 bridgehead atoms. The smallest absolute Gasteiger partial charge is 0.328 e. The SMILES string of the molecule is CC[C@H](NC(=O)[C@H](C)NC(=O)Cc1cc(F)cc(F)c1)C(=O)OC. The van der Waals surface area contributed by atoms with Crippen LogP contribution in [0.3, 0.4) is 0 Å². The van der Waals surface area contributed by atoms with Crippen LogP contribution < -0.4 is 10.6 Å². The third-order valence-corrected chi connectivity index (χ3v) is 3.27. The van der Waals surface area contributed by atoms with Gasteiger partial charge in [-0.3, -0.25) is 9.59 Å². The third-order valence-electron chi connectivity index (χ3n) is 3.27. The minimum absolute atomic E-state index is 0.151. The van der Waals surface area contributed by atoms with Crippen LogP contribution in [0.25, 0.3) is 0 Å². The van der Waals surface area contributed by atoms with Gasteiger partial charge in [0.05, 0.1) is 13.5 Å². The Kier molecular flexibility index (Phi) is 7.29. The molecule has 6 nitrogen and oxygen atoms in total. The normalized spacial score (nSPS) is 12.9. The van der Waals surface area contributed by atoms with E-state index in [0.717, 1.165) is 12.1 Å². The number of rotatable bonds is 7. The average Bonchev–Trinajstić information content (AvgIpc) is 2.50. The van der Waals surface area contributed by atoms with Gasteiger partial charge in [0.2, 0.25) is 11.8 Å². The van der Waals surface area contributed by atoms with Crippen molar-refractivity contribution in [2.24, 2.45) is 0 Å². The average molecular weight is 342 g/mol. The molecular weight excluding hydrogens is 322 g/mol. The maximum Gasteiger partial charge on any atom is 0.328 e. The molecule has 0 heterocycles. The second-order valence-corrected chi connectivity index (χ2v) is 5.24. The number of benzene rings is 1. The van der Waals surface area contributed by atoms with E-state index in [2.05, 4.69) is 15.4 Å². The molecule has 1 aromatic carbocycles. The first-order chi connectivity index (χ1) is 11.3. The van der Waals surface area contributed by atoms with E-state index >= 15 is 0 Å². The number of amides is 2. The molecule has 0 unspecified atom stereocenters. The van der Waals surface area contributed by atoms with Crippen LogP contribution in [-0.4, -0.2) is 37.0 Å². The molecule has 8 heteroatoms. The molecule has 132 valence electrons. The number of nitrogens with one attached hydrogen (secondary N) is 2. The van der Waals surface area contributed by atoms with E-state index in [1.807, 2.05) is 0 Å². The standard InChI is InChI=1S/C16H20F2N2O4/c1-4-13(16(23)24-3)20-15(22)9(2)19-14(21)7-10-5-11(17)8-12(18)6-10/h5-6,8-9,13H,4,7H2,1-3H3,(H,19,21)(H,20,22)/t9-,13-/m0/s1. The molecule has 2 atom stereocenters. The lowest BCUT2D eigenvalue weighted by molar-refractivity contribution is -0.145. The van der Waals surface area contributed by atoms with Crippen molar-refractivity contribution in [3.05, 3.63) is 35.4 Å². The monoisotopic (exact) mass is 342 g/mol. The summed E-state index contributed by atoms with van der Waals surface area (Å²) in [5.41, 5.74) is 0.151. The Bertz CT molecular complexity index is 602. The molecule has 0 aromatic heterocycles. The predicted molar refractivity (Wildman–Crippen MR) is 81.9 cm³/mol. The van der Waals surface area contributed by atoms with Crippen molar-refractivity contribution in [1.29, 1.82) is 0 Å². The summed E-state index contributed by atoms with van der Waals surface area (Å²) in [6.45, 7) is 3.13. The van der Waals surface area contributed by atoms with Crippen molar-refractivity contribution in [2.45, 2.75) is 38.8 Å². The lowest BCUT2D eigenvalue weighted by Gasteiger charge is -2.18. The summed E-state index contributed by atoms with van der Waals surface area (Å²) < 4.78 is 30.7. The van der Waals surface area contributed by atoms with Crippen molar-refractivity contribution in [1.82, 2.24) is 10.6 Å². The summed E-state index contributed by atoms with van der Waals surface area (Å²) in [4.78, 5) is 35.3. The zero-order valence-corrected chi connectivity index (χ0v) is 13.7. The Balaban J connectivity index is 2.59. The minimum Gasteiger partial charge on any atom is -0.467 e. The molecule has 24 heavy (non-hydrogen) atoms. The Labute approximate surface area is 138 Å². The van der Waals surface area contributed by atoms with E-state index in [4.69, 9.17) is 0 Å². The molecule has 0 saturated carbocycles. The Morgan fingerprint density at radius 3 is 2.21 bits per heavy atom. The molecule has 2 amide bonds. The second kappa shape index (κ2) is 8.95. The van der Waals surface area contributed by atoms with Gasteiger partial charge >= 0.3 is 5.97 Å². The zero-order chi connectivity index (χ0) is 18.3. The van der Waals surface area contributed by atoms with Gasteiger partial charge in [-0.2, -0.15) is 0 Å². The number of esters is 1. The molecule has 1 aromatic rings. The summed E-state index contributed by atoms with van der Waals surface area (Å²) in [6, 6.07) is 1.05. The van der Waals surface area contributed by atoms with E-state index in [-0.39, 0.29) is 12.0 Å². The van der Waals surface area contributed by atoms with Crippen LogP contribution in [0.5, 0.6) is 0 Å². The van der Waals surface area contributed by atoms with Crippen molar-refractivity contribution >= 4 is 17.8 Å². The van der Waals surface area contributed by atoms with Crippen molar-refractivity contribution < 1.29 is 27.9 Å². The Hall–Kier alpha value is -2.51. The number of ether oxygens (including phenoxy) is 1.